The molecule has 0 radical (unpaired) electrons. The van der Waals surface area contributed by atoms with Gasteiger partial charge in [-0.1, -0.05) is 334 Å². The second-order valence-electron chi connectivity index (χ2n) is 24.1. The van der Waals surface area contributed by atoms with Gasteiger partial charge in [-0.2, -0.15) is 0 Å². The molecular formula is C90H58N6. The Morgan fingerprint density at radius 3 is 0.865 bits per heavy atom. The van der Waals surface area contributed by atoms with Crippen molar-refractivity contribution in [2.24, 2.45) is 0 Å². The van der Waals surface area contributed by atoms with Crippen molar-refractivity contribution in [3.8, 4) is 113 Å². The van der Waals surface area contributed by atoms with Crippen LogP contribution in [0.3, 0.4) is 0 Å². The maximum Gasteiger partial charge on any atom is 0.164 e. The largest absolute Gasteiger partial charge is 0.208 e. The molecule has 0 aliphatic carbocycles. The van der Waals surface area contributed by atoms with Crippen LogP contribution < -0.4 is 0 Å². The van der Waals surface area contributed by atoms with Crippen LogP contribution in [-0.4, -0.2) is 29.9 Å². The molecule has 2 heterocycles. The second kappa shape index (κ2) is 25.0. The maximum absolute atomic E-state index is 4.98. The molecule has 0 fully saturated rings. The van der Waals surface area contributed by atoms with E-state index in [-0.39, 0.29) is 0 Å². The van der Waals surface area contributed by atoms with E-state index in [4.69, 9.17) is 29.9 Å². The normalized spacial score (nSPS) is 11.3. The van der Waals surface area contributed by atoms with Crippen LogP contribution in [0.5, 0.6) is 0 Å². The van der Waals surface area contributed by atoms with Gasteiger partial charge in [0.1, 0.15) is 0 Å². The van der Waals surface area contributed by atoms with Crippen LogP contribution >= 0.6 is 0 Å². The lowest BCUT2D eigenvalue weighted by Crippen LogP contribution is -2.00. The molecule has 96 heavy (non-hydrogen) atoms. The molecule has 0 aliphatic rings. The SMILES string of the molecule is c1ccc(-c2nc(-c3ccccc3)nc(-c3ccc(-c4ccc5c(ccc6ccc7cccc(-c8ccccc8)c7c65)c4)cc3)n2)cc1.c1ccc(-c2nc(-c3ccccc3)nc(-c3cccc(-c4ccc5ccc6ccc7cccc(-c8ccccc8)c7c6c5c4)c3)n2)cc1. The third-order valence-electron chi connectivity index (χ3n) is 18.2. The zero-order chi connectivity index (χ0) is 63.7. The number of fused-ring (bicyclic) bond motifs is 10. The van der Waals surface area contributed by atoms with Crippen molar-refractivity contribution in [2.75, 3.05) is 0 Å². The summed E-state index contributed by atoms with van der Waals surface area (Å²) in [5.41, 5.74) is 15.2. The topological polar surface area (TPSA) is 77.3 Å². The lowest BCUT2D eigenvalue weighted by Gasteiger charge is -2.14. The molecule has 0 unspecified atom stereocenters. The minimum absolute atomic E-state index is 0.647. The molecule has 2 aromatic heterocycles. The van der Waals surface area contributed by atoms with Crippen molar-refractivity contribution in [1.82, 2.24) is 29.9 Å². The summed E-state index contributed by atoms with van der Waals surface area (Å²) in [5.74, 6) is 3.93. The van der Waals surface area contributed by atoms with Crippen LogP contribution in [0.1, 0.15) is 0 Å². The smallest absolute Gasteiger partial charge is 0.164 e. The van der Waals surface area contributed by atoms with Crippen LogP contribution in [0.15, 0.2) is 352 Å². The summed E-state index contributed by atoms with van der Waals surface area (Å²) in [5, 5.41) is 15.1. The molecule has 0 bridgehead atoms. The summed E-state index contributed by atoms with van der Waals surface area (Å²) < 4.78 is 0. The van der Waals surface area contributed by atoms with Crippen LogP contribution in [0.2, 0.25) is 0 Å². The molecule has 0 saturated carbocycles. The van der Waals surface area contributed by atoms with Gasteiger partial charge in [-0.15, -0.1) is 0 Å². The number of hydrogen-bond donors (Lipinski definition) is 0. The third-order valence-corrected chi connectivity index (χ3v) is 18.2. The van der Waals surface area contributed by atoms with Gasteiger partial charge in [-0.3, -0.25) is 0 Å². The van der Waals surface area contributed by atoms with Crippen molar-refractivity contribution in [2.45, 2.75) is 0 Å². The zero-order valence-corrected chi connectivity index (χ0v) is 52.2. The van der Waals surface area contributed by atoms with Crippen molar-refractivity contribution < 1.29 is 0 Å². The van der Waals surface area contributed by atoms with E-state index in [0.717, 1.165) is 50.1 Å². The minimum Gasteiger partial charge on any atom is -0.208 e. The van der Waals surface area contributed by atoms with Gasteiger partial charge in [0.05, 0.1) is 0 Å². The van der Waals surface area contributed by atoms with E-state index in [0.29, 0.717) is 34.9 Å². The van der Waals surface area contributed by atoms with Crippen molar-refractivity contribution in [3.63, 3.8) is 0 Å². The summed E-state index contributed by atoms with van der Waals surface area (Å²) in [4.78, 5) is 29.5. The predicted molar refractivity (Wildman–Crippen MR) is 399 cm³/mol. The Morgan fingerprint density at radius 1 is 0.135 bits per heavy atom. The molecule has 6 heteroatoms. The molecule has 0 atom stereocenters. The summed E-state index contributed by atoms with van der Waals surface area (Å²) in [6.07, 6.45) is 0. The fourth-order valence-electron chi connectivity index (χ4n) is 13.5. The Balaban J connectivity index is 0.000000145. The molecule has 16 aromatic carbocycles. The van der Waals surface area contributed by atoms with Crippen molar-refractivity contribution in [3.05, 3.63) is 352 Å². The first kappa shape index (κ1) is 57.0. The Morgan fingerprint density at radius 2 is 0.417 bits per heavy atom. The Bertz CT molecular complexity index is 5790. The van der Waals surface area contributed by atoms with Gasteiger partial charge < -0.3 is 0 Å². The standard InChI is InChI=1S/2C45H29N3/c1-4-12-30(13-5-1)39-21-11-18-32-25-26-33-24-22-31-23-27-37(29-40(31)42(33)41(32)39)36-19-10-20-38(28-36)45-47-43(34-14-6-2-7-15-34)46-44(48-45)35-16-8-3-9-17-35;1-4-11-31(12-5-1)39-18-10-17-32-21-22-33-23-26-38-29-37(27-28-40(38)42(33)41(32)39)30-19-24-36(25-20-30)45-47-43(34-13-6-2-7-14-34)46-44(48-45)35-15-8-3-9-16-35/h2*1-29H. The highest BCUT2D eigenvalue weighted by Crippen LogP contribution is 2.42. The maximum atomic E-state index is 4.98. The van der Waals surface area contributed by atoms with Gasteiger partial charge in [0.2, 0.25) is 0 Å². The molecule has 18 rings (SSSR count). The van der Waals surface area contributed by atoms with E-state index in [9.17, 15) is 0 Å². The highest BCUT2D eigenvalue weighted by molar-refractivity contribution is 6.25. The van der Waals surface area contributed by atoms with Gasteiger partial charge in [0, 0.05) is 33.4 Å². The molecule has 0 N–H and O–H groups in total. The molecule has 0 spiro atoms. The predicted octanol–water partition coefficient (Wildman–Crippen LogP) is 23.3. The summed E-state index contributed by atoms with van der Waals surface area (Å²) in [7, 11) is 0. The van der Waals surface area contributed by atoms with Crippen molar-refractivity contribution in [1.29, 1.82) is 0 Å². The van der Waals surface area contributed by atoms with Gasteiger partial charge in [0.25, 0.3) is 0 Å². The first-order valence-corrected chi connectivity index (χ1v) is 32.4. The molecule has 0 amide bonds. The summed E-state index contributed by atoms with van der Waals surface area (Å²) >= 11 is 0. The Kier molecular flexibility index (Phi) is 14.8. The average molecular weight is 1220 g/mol. The molecule has 6 nitrogen and oxygen atoms in total. The van der Waals surface area contributed by atoms with E-state index in [1.807, 2.05) is 121 Å². The number of nitrogens with zero attached hydrogens (tertiary/aromatic N) is 6. The van der Waals surface area contributed by atoms with E-state index >= 15 is 0 Å². The van der Waals surface area contributed by atoms with E-state index < -0.39 is 0 Å². The number of aromatic nitrogens is 6. The average Bonchev–Trinajstić information content (AvgIpc) is 0.751. The summed E-state index contributed by atoms with van der Waals surface area (Å²) in [6, 6.07) is 124. The number of benzene rings is 16. The molecular weight excluding hydrogens is 1170 g/mol. The van der Waals surface area contributed by atoms with Gasteiger partial charge in [0.15, 0.2) is 34.9 Å². The fraction of sp³-hybridized carbons (Fsp3) is 0. The first-order chi connectivity index (χ1) is 47.6. The number of hydrogen-bond acceptors (Lipinski definition) is 6. The summed E-state index contributed by atoms with van der Waals surface area (Å²) in [6.45, 7) is 0. The van der Waals surface area contributed by atoms with Crippen LogP contribution in [0.25, 0.3) is 177 Å². The molecule has 0 saturated heterocycles. The minimum atomic E-state index is 0.647. The van der Waals surface area contributed by atoms with Crippen molar-refractivity contribution >= 4 is 64.6 Å². The van der Waals surface area contributed by atoms with Crippen LogP contribution in [0, 0.1) is 0 Å². The number of rotatable bonds is 10. The molecule has 18 aromatic rings. The van der Waals surface area contributed by atoms with E-state index in [2.05, 4.69) is 231 Å². The van der Waals surface area contributed by atoms with Gasteiger partial charge in [-0.25, -0.2) is 29.9 Å². The van der Waals surface area contributed by atoms with Gasteiger partial charge >= 0.3 is 0 Å². The lowest BCUT2D eigenvalue weighted by atomic mass is 9.90. The Labute approximate surface area is 555 Å². The molecule has 0 aliphatic heterocycles. The first-order valence-electron chi connectivity index (χ1n) is 32.4. The second-order valence-corrected chi connectivity index (χ2v) is 24.1. The van der Waals surface area contributed by atoms with Crippen LogP contribution in [-0.2, 0) is 0 Å². The van der Waals surface area contributed by atoms with E-state index in [1.165, 1.54) is 92.5 Å². The Hall–Kier alpha value is -12.9. The third kappa shape index (κ3) is 11.0. The van der Waals surface area contributed by atoms with E-state index in [1.54, 1.807) is 0 Å². The lowest BCUT2D eigenvalue weighted by molar-refractivity contribution is 1.07. The highest BCUT2D eigenvalue weighted by atomic mass is 15.0. The monoisotopic (exact) mass is 1220 g/mol. The van der Waals surface area contributed by atoms with Gasteiger partial charge in [-0.05, 0) is 127 Å². The zero-order valence-electron chi connectivity index (χ0n) is 52.2. The fourth-order valence-corrected chi connectivity index (χ4v) is 13.5. The molecule has 448 valence electrons. The quantitative estimate of drug-likeness (QED) is 0.127. The van der Waals surface area contributed by atoms with Crippen LogP contribution in [0.4, 0.5) is 0 Å². The highest BCUT2D eigenvalue weighted by Gasteiger charge is 2.18.